The standard InChI is InChI=1S/C14H18BrF2N/c1-8-2-4-9(5-3-8)14(18)13-11(16)6-10(15)7-12(13)17/h6-9,14H,2-5,18H2,1H3. The fourth-order valence-corrected chi connectivity index (χ4v) is 3.15. The van der Waals surface area contributed by atoms with Crippen molar-refractivity contribution in [1.29, 1.82) is 0 Å². The Balaban J connectivity index is 2.21. The first-order chi connectivity index (χ1) is 8.49. The van der Waals surface area contributed by atoms with Crippen molar-refractivity contribution >= 4 is 15.9 Å². The van der Waals surface area contributed by atoms with Crippen LogP contribution in [0.1, 0.15) is 44.2 Å². The number of halogens is 3. The molecule has 2 N–H and O–H groups in total. The van der Waals surface area contributed by atoms with Crippen molar-refractivity contribution in [2.24, 2.45) is 17.6 Å². The highest BCUT2D eigenvalue weighted by Crippen LogP contribution is 2.37. The van der Waals surface area contributed by atoms with Crippen molar-refractivity contribution in [3.63, 3.8) is 0 Å². The molecule has 4 heteroatoms. The van der Waals surface area contributed by atoms with Crippen LogP contribution in [0, 0.1) is 23.5 Å². The van der Waals surface area contributed by atoms with Crippen molar-refractivity contribution in [3.05, 3.63) is 33.8 Å². The second-order valence-electron chi connectivity index (χ2n) is 5.33. The Kier molecular flexibility index (Phi) is 4.38. The Morgan fingerprint density at radius 1 is 1.17 bits per heavy atom. The van der Waals surface area contributed by atoms with Gasteiger partial charge in [0.25, 0.3) is 0 Å². The van der Waals surface area contributed by atoms with Gasteiger partial charge in [0.2, 0.25) is 0 Å². The first-order valence-corrected chi connectivity index (χ1v) is 7.18. The van der Waals surface area contributed by atoms with E-state index in [9.17, 15) is 8.78 Å². The van der Waals surface area contributed by atoms with Gasteiger partial charge in [-0.05, 0) is 36.8 Å². The van der Waals surface area contributed by atoms with Crippen molar-refractivity contribution in [1.82, 2.24) is 0 Å². The molecule has 0 aromatic heterocycles. The summed E-state index contributed by atoms with van der Waals surface area (Å²) in [7, 11) is 0. The fourth-order valence-electron chi connectivity index (χ4n) is 2.75. The van der Waals surface area contributed by atoms with Crippen molar-refractivity contribution in [2.75, 3.05) is 0 Å². The van der Waals surface area contributed by atoms with Gasteiger partial charge in [0, 0.05) is 16.1 Å². The summed E-state index contributed by atoms with van der Waals surface area (Å²) in [6.07, 6.45) is 4.10. The summed E-state index contributed by atoms with van der Waals surface area (Å²) in [4.78, 5) is 0. The molecule has 0 heterocycles. The molecule has 1 aromatic rings. The Morgan fingerprint density at radius 3 is 2.17 bits per heavy atom. The average Bonchev–Trinajstić information content (AvgIpc) is 2.28. The van der Waals surface area contributed by atoms with Crippen molar-refractivity contribution in [2.45, 2.75) is 38.6 Å². The lowest BCUT2D eigenvalue weighted by molar-refractivity contribution is 0.250. The largest absolute Gasteiger partial charge is 0.324 e. The first-order valence-electron chi connectivity index (χ1n) is 6.39. The van der Waals surface area contributed by atoms with E-state index >= 15 is 0 Å². The molecule has 0 spiro atoms. The van der Waals surface area contributed by atoms with Crippen LogP contribution in [0.2, 0.25) is 0 Å². The first kappa shape index (κ1) is 13.9. The highest BCUT2D eigenvalue weighted by atomic mass is 79.9. The summed E-state index contributed by atoms with van der Waals surface area (Å²) in [5.74, 6) is -0.208. The molecule has 100 valence electrons. The third kappa shape index (κ3) is 2.91. The topological polar surface area (TPSA) is 26.0 Å². The van der Waals surface area contributed by atoms with Gasteiger partial charge in [-0.3, -0.25) is 0 Å². The van der Waals surface area contributed by atoms with E-state index in [1.807, 2.05) is 0 Å². The number of benzene rings is 1. The molecule has 0 bridgehead atoms. The maximum Gasteiger partial charge on any atom is 0.132 e. The summed E-state index contributed by atoms with van der Waals surface area (Å²) in [5.41, 5.74) is 6.11. The Bertz CT molecular complexity index is 405. The molecule has 18 heavy (non-hydrogen) atoms. The Labute approximate surface area is 115 Å². The predicted octanol–water partition coefficient (Wildman–Crippen LogP) is 4.55. The molecule has 1 aliphatic carbocycles. The summed E-state index contributed by atoms with van der Waals surface area (Å²) < 4.78 is 28.1. The maximum absolute atomic E-state index is 13.8. The van der Waals surface area contributed by atoms with E-state index in [-0.39, 0.29) is 11.5 Å². The number of hydrogen-bond acceptors (Lipinski definition) is 1. The highest BCUT2D eigenvalue weighted by Gasteiger charge is 2.28. The average molecular weight is 318 g/mol. The molecule has 1 aliphatic rings. The van der Waals surface area contributed by atoms with Crippen LogP contribution in [0.5, 0.6) is 0 Å². The molecule has 1 aromatic carbocycles. The Morgan fingerprint density at radius 2 is 1.67 bits per heavy atom. The smallest absolute Gasteiger partial charge is 0.132 e. The second kappa shape index (κ2) is 5.66. The zero-order chi connectivity index (χ0) is 13.3. The minimum atomic E-state index is -0.548. The Hall–Kier alpha value is -0.480. The van der Waals surface area contributed by atoms with Crippen LogP contribution < -0.4 is 5.73 Å². The van der Waals surface area contributed by atoms with E-state index in [2.05, 4.69) is 22.9 Å². The highest BCUT2D eigenvalue weighted by molar-refractivity contribution is 9.10. The van der Waals surface area contributed by atoms with Gasteiger partial charge in [-0.1, -0.05) is 35.7 Å². The predicted molar refractivity (Wildman–Crippen MR) is 72.1 cm³/mol. The van der Waals surface area contributed by atoms with E-state index < -0.39 is 17.7 Å². The molecule has 0 amide bonds. The van der Waals surface area contributed by atoms with Crippen LogP contribution in [-0.2, 0) is 0 Å². The minimum Gasteiger partial charge on any atom is -0.324 e. The van der Waals surface area contributed by atoms with Crippen LogP contribution in [0.15, 0.2) is 16.6 Å². The van der Waals surface area contributed by atoms with Crippen LogP contribution in [0.4, 0.5) is 8.78 Å². The summed E-state index contributed by atoms with van der Waals surface area (Å²) in [6, 6.07) is 2.03. The van der Waals surface area contributed by atoms with Gasteiger partial charge in [0.15, 0.2) is 0 Å². The number of hydrogen-bond donors (Lipinski definition) is 1. The van der Waals surface area contributed by atoms with E-state index in [1.54, 1.807) is 0 Å². The van der Waals surface area contributed by atoms with E-state index in [1.165, 1.54) is 12.1 Å². The molecule has 1 unspecified atom stereocenters. The fraction of sp³-hybridized carbons (Fsp3) is 0.571. The van der Waals surface area contributed by atoms with Gasteiger partial charge in [-0.2, -0.15) is 0 Å². The quantitative estimate of drug-likeness (QED) is 0.850. The molecule has 1 atom stereocenters. The summed E-state index contributed by atoms with van der Waals surface area (Å²) in [5, 5.41) is 0. The van der Waals surface area contributed by atoms with E-state index in [0.717, 1.165) is 25.7 Å². The lowest BCUT2D eigenvalue weighted by Crippen LogP contribution is -2.27. The van der Waals surface area contributed by atoms with Crippen LogP contribution in [0.3, 0.4) is 0 Å². The van der Waals surface area contributed by atoms with Gasteiger partial charge < -0.3 is 5.73 Å². The molecular weight excluding hydrogens is 300 g/mol. The molecule has 0 aliphatic heterocycles. The molecule has 1 nitrogen and oxygen atoms in total. The van der Waals surface area contributed by atoms with Crippen molar-refractivity contribution in [3.8, 4) is 0 Å². The van der Waals surface area contributed by atoms with E-state index in [4.69, 9.17) is 5.73 Å². The van der Waals surface area contributed by atoms with Gasteiger partial charge in [0.05, 0.1) is 0 Å². The van der Waals surface area contributed by atoms with Crippen molar-refractivity contribution < 1.29 is 8.78 Å². The zero-order valence-corrected chi connectivity index (χ0v) is 12.0. The summed E-state index contributed by atoms with van der Waals surface area (Å²) in [6.45, 7) is 2.21. The molecule has 0 radical (unpaired) electrons. The molecule has 0 saturated heterocycles. The van der Waals surface area contributed by atoms with Gasteiger partial charge >= 0.3 is 0 Å². The zero-order valence-electron chi connectivity index (χ0n) is 10.4. The summed E-state index contributed by atoms with van der Waals surface area (Å²) >= 11 is 3.08. The van der Waals surface area contributed by atoms with Gasteiger partial charge in [0.1, 0.15) is 11.6 Å². The van der Waals surface area contributed by atoms with Gasteiger partial charge in [-0.25, -0.2) is 8.78 Å². The maximum atomic E-state index is 13.8. The molecular formula is C14H18BrF2N. The van der Waals surface area contributed by atoms with Crippen LogP contribution in [0.25, 0.3) is 0 Å². The van der Waals surface area contributed by atoms with Crippen LogP contribution >= 0.6 is 15.9 Å². The second-order valence-corrected chi connectivity index (χ2v) is 6.24. The lowest BCUT2D eigenvalue weighted by atomic mass is 9.77. The van der Waals surface area contributed by atoms with Crippen LogP contribution in [-0.4, -0.2) is 0 Å². The molecule has 1 fully saturated rings. The third-order valence-corrected chi connectivity index (χ3v) is 4.40. The van der Waals surface area contributed by atoms with Gasteiger partial charge in [-0.15, -0.1) is 0 Å². The molecule has 1 saturated carbocycles. The number of rotatable bonds is 2. The monoisotopic (exact) mass is 317 g/mol. The minimum absolute atomic E-state index is 0.0396. The molecule has 2 rings (SSSR count). The van der Waals surface area contributed by atoms with E-state index in [0.29, 0.717) is 10.4 Å². The SMILES string of the molecule is CC1CCC(C(N)c2c(F)cc(Br)cc2F)CC1. The lowest BCUT2D eigenvalue weighted by Gasteiger charge is -2.31. The third-order valence-electron chi connectivity index (χ3n) is 3.95. The number of nitrogens with two attached hydrogens (primary N) is 1. The normalized spacial score (nSPS) is 26.1.